The van der Waals surface area contributed by atoms with Crippen molar-refractivity contribution in [2.75, 3.05) is 7.11 Å². The van der Waals surface area contributed by atoms with Gasteiger partial charge in [-0.2, -0.15) is 0 Å². The van der Waals surface area contributed by atoms with Crippen molar-refractivity contribution >= 4 is 23.1 Å². The molecule has 0 aliphatic heterocycles. The van der Waals surface area contributed by atoms with Gasteiger partial charge in [-0.25, -0.2) is 0 Å². The number of aryl methyl sites for hydroxylation is 1. The monoisotopic (exact) mass is 252 g/mol. The third kappa shape index (κ3) is 3.42. The number of hydrogen-bond acceptors (Lipinski definition) is 3. The summed E-state index contributed by atoms with van der Waals surface area (Å²) in [6, 6.07) is 4.93. The van der Waals surface area contributed by atoms with Gasteiger partial charge in [0.25, 0.3) is 5.91 Å². The summed E-state index contributed by atoms with van der Waals surface area (Å²) in [4.78, 5) is 12.1. The van der Waals surface area contributed by atoms with Gasteiger partial charge in [0.15, 0.2) is 0 Å². The fourth-order valence-corrected chi connectivity index (χ4v) is 1.37. The quantitative estimate of drug-likeness (QED) is 0.795. The van der Waals surface area contributed by atoms with Gasteiger partial charge < -0.3 is 15.8 Å². The number of ether oxygens (including phenoxy) is 1. The summed E-state index contributed by atoms with van der Waals surface area (Å²) in [7, 11) is 1.57. The summed E-state index contributed by atoms with van der Waals surface area (Å²) in [5.41, 5.74) is 6.94. The highest BCUT2D eigenvalue weighted by molar-refractivity contribution is 7.80. The Morgan fingerprint density at radius 3 is 2.71 bits per heavy atom. The Hall–Kier alpha value is -1.62. The second-order valence-corrected chi connectivity index (χ2v) is 4.25. The first-order valence-corrected chi connectivity index (χ1v) is 5.61. The first-order chi connectivity index (χ1) is 7.95. The standard InChI is InChI=1S/C12H16N2O2S/c1-7-4-5-9(6-10(7)16-3)12(15)14-8(2)11(13)17/h4-6,8H,1-3H3,(H2,13,17)(H,14,15). The molecule has 0 aromatic heterocycles. The van der Waals surface area contributed by atoms with E-state index < -0.39 is 0 Å². The summed E-state index contributed by atoms with van der Waals surface area (Å²) in [6.07, 6.45) is 0. The summed E-state index contributed by atoms with van der Waals surface area (Å²) in [5, 5.41) is 2.71. The fraction of sp³-hybridized carbons (Fsp3) is 0.333. The van der Waals surface area contributed by atoms with Crippen molar-refractivity contribution in [2.45, 2.75) is 19.9 Å². The molecule has 1 amide bonds. The largest absolute Gasteiger partial charge is 0.496 e. The molecule has 0 saturated heterocycles. The first kappa shape index (κ1) is 13.4. The van der Waals surface area contributed by atoms with Gasteiger partial charge >= 0.3 is 0 Å². The number of nitrogens with two attached hydrogens (primary N) is 1. The summed E-state index contributed by atoms with van der Waals surface area (Å²) in [6.45, 7) is 3.66. The fourth-order valence-electron chi connectivity index (χ4n) is 1.31. The van der Waals surface area contributed by atoms with Crippen LogP contribution in [-0.2, 0) is 0 Å². The average molecular weight is 252 g/mol. The molecule has 0 fully saturated rings. The lowest BCUT2D eigenvalue weighted by molar-refractivity contribution is 0.0949. The molecule has 1 aromatic rings. The van der Waals surface area contributed by atoms with Gasteiger partial charge in [-0.1, -0.05) is 18.3 Å². The van der Waals surface area contributed by atoms with Crippen LogP contribution in [0.25, 0.3) is 0 Å². The third-order valence-corrected chi connectivity index (χ3v) is 2.80. The topological polar surface area (TPSA) is 64.3 Å². The van der Waals surface area contributed by atoms with Crippen LogP contribution >= 0.6 is 12.2 Å². The number of rotatable bonds is 4. The number of benzene rings is 1. The Labute approximate surface area is 106 Å². The number of methoxy groups -OCH3 is 1. The zero-order valence-corrected chi connectivity index (χ0v) is 10.9. The molecule has 0 heterocycles. The zero-order chi connectivity index (χ0) is 13.0. The molecule has 0 aliphatic carbocycles. The Kier molecular flexibility index (Phi) is 4.45. The maximum atomic E-state index is 11.9. The summed E-state index contributed by atoms with van der Waals surface area (Å²) >= 11 is 4.79. The molecule has 17 heavy (non-hydrogen) atoms. The van der Waals surface area contributed by atoms with E-state index in [0.29, 0.717) is 11.3 Å². The van der Waals surface area contributed by atoms with E-state index in [9.17, 15) is 4.79 Å². The number of carbonyl (C=O) groups excluding carboxylic acids is 1. The van der Waals surface area contributed by atoms with Crippen molar-refractivity contribution < 1.29 is 9.53 Å². The number of hydrogen-bond donors (Lipinski definition) is 2. The molecule has 0 spiro atoms. The van der Waals surface area contributed by atoms with Gasteiger partial charge in [-0.15, -0.1) is 0 Å². The van der Waals surface area contributed by atoms with Crippen LogP contribution in [0.3, 0.4) is 0 Å². The molecule has 1 unspecified atom stereocenters. The second-order valence-electron chi connectivity index (χ2n) is 3.78. The lowest BCUT2D eigenvalue weighted by Crippen LogP contribution is -2.41. The van der Waals surface area contributed by atoms with Crippen molar-refractivity contribution in [2.24, 2.45) is 5.73 Å². The number of carbonyl (C=O) groups is 1. The molecule has 0 saturated carbocycles. The molecule has 0 radical (unpaired) electrons. The van der Waals surface area contributed by atoms with E-state index in [1.54, 1.807) is 26.2 Å². The maximum absolute atomic E-state index is 11.9. The van der Waals surface area contributed by atoms with Gasteiger partial charge in [-0.3, -0.25) is 4.79 Å². The van der Waals surface area contributed by atoms with Crippen molar-refractivity contribution in [3.63, 3.8) is 0 Å². The minimum atomic E-state index is -0.329. The van der Waals surface area contributed by atoms with Crippen LogP contribution in [0.2, 0.25) is 0 Å². The highest BCUT2D eigenvalue weighted by atomic mass is 32.1. The molecule has 3 N–H and O–H groups in total. The van der Waals surface area contributed by atoms with Crippen LogP contribution in [0.4, 0.5) is 0 Å². The lowest BCUT2D eigenvalue weighted by atomic mass is 10.1. The predicted octanol–water partition coefficient (Wildman–Crippen LogP) is 1.41. The molecule has 0 aliphatic rings. The van der Waals surface area contributed by atoms with Crippen molar-refractivity contribution in [1.29, 1.82) is 0 Å². The van der Waals surface area contributed by atoms with Crippen molar-refractivity contribution in [3.8, 4) is 5.75 Å². The van der Waals surface area contributed by atoms with E-state index in [1.165, 1.54) is 0 Å². The first-order valence-electron chi connectivity index (χ1n) is 5.20. The third-order valence-electron chi connectivity index (χ3n) is 2.44. The second kappa shape index (κ2) is 5.63. The molecule has 1 atom stereocenters. The van der Waals surface area contributed by atoms with Crippen molar-refractivity contribution in [1.82, 2.24) is 5.32 Å². The van der Waals surface area contributed by atoms with Crippen molar-refractivity contribution in [3.05, 3.63) is 29.3 Å². The van der Waals surface area contributed by atoms with Crippen LogP contribution < -0.4 is 15.8 Å². The van der Waals surface area contributed by atoms with Crippen LogP contribution in [0.1, 0.15) is 22.8 Å². The van der Waals surface area contributed by atoms with Gasteiger partial charge in [0.2, 0.25) is 0 Å². The minimum absolute atomic E-state index is 0.219. The molecule has 4 nitrogen and oxygen atoms in total. The van der Waals surface area contributed by atoms with E-state index in [0.717, 1.165) is 5.56 Å². The van der Waals surface area contributed by atoms with E-state index in [-0.39, 0.29) is 16.9 Å². The van der Waals surface area contributed by atoms with Gasteiger partial charge in [-0.05, 0) is 31.5 Å². The Balaban J connectivity index is 2.86. The summed E-state index contributed by atoms with van der Waals surface area (Å²) in [5.74, 6) is 0.462. The van der Waals surface area contributed by atoms with E-state index >= 15 is 0 Å². The SMILES string of the molecule is COc1cc(C(=O)NC(C)C(N)=S)ccc1C. The smallest absolute Gasteiger partial charge is 0.251 e. The Bertz CT molecular complexity index is 446. The number of thiocarbonyl (C=S) groups is 1. The molecule has 1 rings (SSSR count). The van der Waals surface area contributed by atoms with E-state index in [1.807, 2.05) is 13.0 Å². The summed E-state index contributed by atoms with van der Waals surface area (Å²) < 4.78 is 5.16. The average Bonchev–Trinajstić information content (AvgIpc) is 2.29. The molecule has 0 bridgehead atoms. The van der Waals surface area contributed by atoms with Gasteiger partial charge in [0.1, 0.15) is 5.75 Å². The molecule has 5 heteroatoms. The Morgan fingerprint density at radius 1 is 1.53 bits per heavy atom. The van der Waals surface area contributed by atoms with Crippen LogP contribution in [-0.4, -0.2) is 24.0 Å². The normalized spacial score (nSPS) is 11.7. The molecule has 1 aromatic carbocycles. The molecular formula is C12H16N2O2S. The van der Waals surface area contributed by atoms with Crippen LogP contribution in [0.15, 0.2) is 18.2 Å². The molecular weight excluding hydrogens is 236 g/mol. The van der Waals surface area contributed by atoms with E-state index in [4.69, 9.17) is 22.7 Å². The van der Waals surface area contributed by atoms with Gasteiger partial charge in [0.05, 0.1) is 18.1 Å². The number of nitrogens with one attached hydrogen (secondary N) is 1. The highest BCUT2D eigenvalue weighted by Crippen LogP contribution is 2.18. The van der Waals surface area contributed by atoms with Crippen LogP contribution in [0.5, 0.6) is 5.75 Å². The minimum Gasteiger partial charge on any atom is -0.496 e. The van der Waals surface area contributed by atoms with Gasteiger partial charge in [0, 0.05) is 5.56 Å². The molecule has 92 valence electrons. The van der Waals surface area contributed by atoms with E-state index in [2.05, 4.69) is 5.32 Å². The number of amides is 1. The highest BCUT2D eigenvalue weighted by Gasteiger charge is 2.12. The zero-order valence-electron chi connectivity index (χ0n) is 10.1. The predicted molar refractivity (Wildman–Crippen MR) is 71.4 cm³/mol. The van der Waals surface area contributed by atoms with Crippen LogP contribution in [0, 0.1) is 6.92 Å². The maximum Gasteiger partial charge on any atom is 0.251 e. The lowest BCUT2D eigenvalue weighted by Gasteiger charge is -2.13. The Morgan fingerprint density at radius 2 is 2.18 bits per heavy atom.